The van der Waals surface area contributed by atoms with Gasteiger partial charge in [0, 0.05) is 0 Å². The molecular formula is C16H39NSi2. The van der Waals surface area contributed by atoms with E-state index < -0.39 is 16.5 Å². The first-order valence-electron chi connectivity index (χ1n) is 8.83. The standard InChI is InChI=1S/C16H39NSi2/c1-8-15-16-17(18(9-2,10-3)11-4)19(12-5,13-6)14-7/h8-16H2,1-7H3. The summed E-state index contributed by atoms with van der Waals surface area (Å²) in [5, 5.41) is 0. The van der Waals surface area contributed by atoms with Crippen LogP contribution in [-0.2, 0) is 0 Å². The Morgan fingerprint density at radius 2 is 0.895 bits per heavy atom. The maximum Gasteiger partial charge on any atom is 0.120 e. The molecule has 0 aliphatic rings. The minimum Gasteiger partial charge on any atom is -0.345 e. The van der Waals surface area contributed by atoms with Gasteiger partial charge in [-0.2, -0.15) is 0 Å². The molecule has 0 heterocycles. The zero-order valence-corrected chi connectivity index (χ0v) is 16.8. The lowest BCUT2D eigenvalue weighted by Crippen LogP contribution is -2.66. The Kier molecular flexibility index (Phi) is 9.55. The molecule has 0 rings (SSSR count). The molecule has 1 nitrogen and oxygen atoms in total. The first-order chi connectivity index (χ1) is 9.06. The van der Waals surface area contributed by atoms with Gasteiger partial charge in [0.1, 0.15) is 16.5 Å². The van der Waals surface area contributed by atoms with Crippen molar-refractivity contribution in [3.8, 4) is 0 Å². The monoisotopic (exact) mass is 301 g/mol. The Bertz CT molecular complexity index is 186. The zero-order chi connectivity index (χ0) is 14.9. The highest BCUT2D eigenvalue weighted by Crippen LogP contribution is 2.35. The second-order valence-corrected chi connectivity index (χ2v) is 16.7. The Hall–Kier alpha value is 0.394. The van der Waals surface area contributed by atoms with Crippen molar-refractivity contribution in [1.82, 2.24) is 4.23 Å². The Labute approximate surface area is 125 Å². The maximum atomic E-state index is 3.20. The second kappa shape index (κ2) is 9.35. The third-order valence-electron chi connectivity index (χ3n) is 5.83. The van der Waals surface area contributed by atoms with E-state index in [1.807, 2.05) is 0 Å². The molecular weight excluding hydrogens is 262 g/mol. The van der Waals surface area contributed by atoms with Crippen molar-refractivity contribution in [1.29, 1.82) is 0 Å². The van der Waals surface area contributed by atoms with Crippen LogP contribution in [0.25, 0.3) is 0 Å². The Morgan fingerprint density at radius 3 is 1.11 bits per heavy atom. The van der Waals surface area contributed by atoms with Crippen LogP contribution in [-0.4, -0.2) is 27.2 Å². The lowest BCUT2D eigenvalue weighted by atomic mass is 10.3. The van der Waals surface area contributed by atoms with E-state index >= 15 is 0 Å². The highest BCUT2D eigenvalue weighted by molar-refractivity contribution is 6.92. The van der Waals surface area contributed by atoms with E-state index in [0.717, 1.165) is 0 Å². The minimum atomic E-state index is -1.19. The third-order valence-corrected chi connectivity index (χ3v) is 19.3. The summed E-state index contributed by atoms with van der Waals surface area (Å²) in [6, 6.07) is 8.74. The van der Waals surface area contributed by atoms with E-state index in [1.54, 1.807) is 0 Å². The fraction of sp³-hybridized carbons (Fsp3) is 1.00. The minimum absolute atomic E-state index is 1.19. The van der Waals surface area contributed by atoms with Crippen molar-refractivity contribution in [3.63, 3.8) is 0 Å². The molecule has 0 fully saturated rings. The summed E-state index contributed by atoms with van der Waals surface area (Å²) in [6.45, 7) is 18.6. The van der Waals surface area contributed by atoms with Gasteiger partial charge in [-0.05, 0) is 49.2 Å². The number of hydrogen-bond donors (Lipinski definition) is 0. The molecule has 0 N–H and O–H groups in total. The number of hydrogen-bond acceptors (Lipinski definition) is 1. The van der Waals surface area contributed by atoms with E-state index in [0.29, 0.717) is 0 Å². The number of rotatable bonds is 11. The molecule has 0 aliphatic carbocycles. The van der Waals surface area contributed by atoms with Gasteiger partial charge >= 0.3 is 0 Å². The van der Waals surface area contributed by atoms with Crippen LogP contribution in [0, 0.1) is 0 Å². The van der Waals surface area contributed by atoms with Crippen LogP contribution in [0.3, 0.4) is 0 Å². The molecule has 0 atom stereocenters. The van der Waals surface area contributed by atoms with Gasteiger partial charge in [0.15, 0.2) is 0 Å². The van der Waals surface area contributed by atoms with Crippen LogP contribution in [0.2, 0.25) is 36.3 Å². The normalized spacial score (nSPS) is 13.3. The molecule has 0 saturated heterocycles. The second-order valence-electron chi connectivity index (χ2n) is 6.08. The van der Waals surface area contributed by atoms with Crippen molar-refractivity contribution < 1.29 is 0 Å². The summed E-state index contributed by atoms with van der Waals surface area (Å²) in [5.74, 6) is 0. The number of nitrogens with zero attached hydrogens (tertiary/aromatic N) is 1. The van der Waals surface area contributed by atoms with Crippen LogP contribution in [0.4, 0.5) is 0 Å². The van der Waals surface area contributed by atoms with Crippen molar-refractivity contribution in [2.45, 2.75) is 97.6 Å². The predicted octanol–water partition coefficient (Wildman–Crippen LogP) is 6.10. The molecule has 0 saturated carbocycles. The quantitative estimate of drug-likeness (QED) is 0.417. The molecule has 0 aliphatic heterocycles. The average molecular weight is 302 g/mol. The largest absolute Gasteiger partial charge is 0.345 e. The van der Waals surface area contributed by atoms with Gasteiger partial charge in [0.2, 0.25) is 0 Å². The molecule has 0 unspecified atom stereocenters. The van der Waals surface area contributed by atoms with Crippen molar-refractivity contribution in [2.24, 2.45) is 0 Å². The highest BCUT2D eigenvalue weighted by Gasteiger charge is 2.45. The smallest absolute Gasteiger partial charge is 0.120 e. The summed E-state index contributed by atoms with van der Waals surface area (Å²) in [7, 11) is -2.37. The molecule has 0 aromatic heterocycles. The molecule has 0 aromatic rings. The van der Waals surface area contributed by atoms with Gasteiger partial charge in [-0.25, -0.2) is 0 Å². The van der Waals surface area contributed by atoms with Crippen molar-refractivity contribution in [2.75, 3.05) is 6.54 Å². The summed E-state index contributed by atoms with van der Waals surface area (Å²) < 4.78 is 3.20. The lowest BCUT2D eigenvalue weighted by Gasteiger charge is -2.52. The van der Waals surface area contributed by atoms with E-state index in [-0.39, 0.29) is 0 Å². The first kappa shape index (κ1) is 19.4. The van der Waals surface area contributed by atoms with Crippen LogP contribution in [0.15, 0.2) is 0 Å². The van der Waals surface area contributed by atoms with Crippen molar-refractivity contribution >= 4 is 16.5 Å². The van der Waals surface area contributed by atoms with Gasteiger partial charge in [-0.3, -0.25) is 0 Å². The van der Waals surface area contributed by atoms with E-state index in [4.69, 9.17) is 0 Å². The van der Waals surface area contributed by atoms with Gasteiger partial charge < -0.3 is 4.23 Å². The van der Waals surface area contributed by atoms with Crippen LogP contribution >= 0.6 is 0 Å². The van der Waals surface area contributed by atoms with Gasteiger partial charge in [-0.1, -0.05) is 54.9 Å². The molecule has 0 spiro atoms. The Morgan fingerprint density at radius 1 is 0.579 bits per heavy atom. The highest BCUT2D eigenvalue weighted by atomic mass is 28.4. The van der Waals surface area contributed by atoms with E-state index in [2.05, 4.69) is 52.7 Å². The number of unbranched alkanes of at least 4 members (excludes halogenated alkanes) is 1. The summed E-state index contributed by atoms with van der Waals surface area (Å²) in [6.07, 6.45) is 2.75. The van der Waals surface area contributed by atoms with Crippen LogP contribution < -0.4 is 0 Å². The molecule has 0 amide bonds. The van der Waals surface area contributed by atoms with Gasteiger partial charge in [-0.15, -0.1) is 0 Å². The lowest BCUT2D eigenvalue weighted by molar-refractivity contribution is 0.545. The van der Waals surface area contributed by atoms with Crippen LogP contribution in [0.1, 0.15) is 61.3 Å². The average Bonchev–Trinajstić information content (AvgIpc) is 2.48. The predicted molar refractivity (Wildman–Crippen MR) is 96.0 cm³/mol. The van der Waals surface area contributed by atoms with Gasteiger partial charge in [0.05, 0.1) is 0 Å². The first-order valence-corrected chi connectivity index (χ1v) is 14.0. The SMILES string of the molecule is CCCCN([Si](CC)(CC)CC)[Si](CC)(CC)CC. The molecule has 19 heavy (non-hydrogen) atoms. The molecule has 0 bridgehead atoms. The molecule has 116 valence electrons. The summed E-state index contributed by atoms with van der Waals surface area (Å²) >= 11 is 0. The van der Waals surface area contributed by atoms with E-state index in [1.165, 1.54) is 55.7 Å². The fourth-order valence-corrected chi connectivity index (χ4v) is 17.4. The van der Waals surface area contributed by atoms with Gasteiger partial charge in [0.25, 0.3) is 0 Å². The molecule has 3 heteroatoms. The fourth-order valence-electron chi connectivity index (χ4n) is 3.94. The zero-order valence-electron chi connectivity index (χ0n) is 14.8. The summed E-state index contributed by atoms with van der Waals surface area (Å²) in [5.41, 5.74) is 0. The van der Waals surface area contributed by atoms with E-state index in [9.17, 15) is 0 Å². The van der Waals surface area contributed by atoms with Crippen molar-refractivity contribution in [3.05, 3.63) is 0 Å². The topological polar surface area (TPSA) is 3.24 Å². The van der Waals surface area contributed by atoms with Crippen LogP contribution in [0.5, 0.6) is 0 Å². The summed E-state index contributed by atoms with van der Waals surface area (Å²) in [4.78, 5) is 0. The Balaban J connectivity index is 5.49. The molecule has 0 radical (unpaired) electrons. The maximum absolute atomic E-state index is 3.20. The third kappa shape index (κ3) is 4.18. The molecule has 0 aromatic carbocycles.